The maximum absolute atomic E-state index is 14.8. The van der Waals surface area contributed by atoms with Crippen LogP contribution in [0.1, 0.15) is 51.7 Å². The summed E-state index contributed by atoms with van der Waals surface area (Å²) in [4.78, 5) is 42.9. The number of hydrogen-bond donors (Lipinski definition) is 0. The summed E-state index contributed by atoms with van der Waals surface area (Å²) in [5, 5.41) is 0. The first-order valence-electron chi connectivity index (χ1n) is 17.6. The van der Waals surface area contributed by atoms with Crippen molar-refractivity contribution in [2.45, 2.75) is 73.7 Å². The van der Waals surface area contributed by atoms with Gasteiger partial charge in [-0.2, -0.15) is 26.3 Å². The molecule has 0 spiro atoms. The molecule has 0 N–H and O–H groups in total. The van der Waals surface area contributed by atoms with Gasteiger partial charge in [-0.1, -0.05) is 24.3 Å². The van der Waals surface area contributed by atoms with Crippen molar-refractivity contribution in [2.75, 3.05) is 59.0 Å². The van der Waals surface area contributed by atoms with Crippen LogP contribution in [0.4, 0.5) is 40.3 Å². The van der Waals surface area contributed by atoms with E-state index in [1.807, 2.05) is 0 Å². The third-order valence-electron chi connectivity index (χ3n) is 10.2. The monoisotopic (exact) mass is 808 g/mol. The van der Waals surface area contributed by atoms with Gasteiger partial charge in [0.1, 0.15) is 16.2 Å². The molecule has 3 fully saturated rings. The van der Waals surface area contributed by atoms with Crippen LogP contribution < -0.4 is 0 Å². The molecule has 2 aromatic carbocycles. The van der Waals surface area contributed by atoms with Gasteiger partial charge >= 0.3 is 24.5 Å². The molecule has 55 heavy (non-hydrogen) atoms. The fraction of sp³-hybridized carbons (Fsp3) is 0.583. The van der Waals surface area contributed by atoms with E-state index in [4.69, 9.17) is 9.47 Å². The van der Waals surface area contributed by atoms with Crippen LogP contribution in [0, 0.1) is 11.7 Å². The Balaban J connectivity index is 1.48. The molecular formula is C36H43F7N4O7S. The summed E-state index contributed by atoms with van der Waals surface area (Å²) in [5.41, 5.74) is -7.27. The fourth-order valence-electron chi connectivity index (χ4n) is 7.25. The molecule has 0 bridgehead atoms. The number of benzene rings is 2. The van der Waals surface area contributed by atoms with Crippen LogP contribution in [0.3, 0.4) is 0 Å². The van der Waals surface area contributed by atoms with Crippen LogP contribution in [0.2, 0.25) is 0 Å². The molecule has 3 aliphatic heterocycles. The predicted octanol–water partition coefficient (Wildman–Crippen LogP) is 6.08. The summed E-state index contributed by atoms with van der Waals surface area (Å²) in [6, 6.07) is 5.95. The average molecular weight is 809 g/mol. The number of ether oxygens (including phenoxy) is 2. The first-order valence-corrected chi connectivity index (χ1v) is 19.1. The third kappa shape index (κ3) is 8.23. The Morgan fingerprint density at radius 3 is 1.87 bits per heavy atom. The van der Waals surface area contributed by atoms with Gasteiger partial charge in [-0.05, 0) is 63.4 Å². The summed E-state index contributed by atoms with van der Waals surface area (Å²) in [6.45, 7) is 5.12. The number of sulfone groups is 1. The minimum atomic E-state index is -6.04. The van der Waals surface area contributed by atoms with Crippen molar-refractivity contribution < 1.29 is 63.0 Å². The molecule has 304 valence electrons. The molecule has 0 radical (unpaired) electrons. The van der Waals surface area contributed by atoms with Gasteiger partial charge < -0.3 is 29.1 Å². The van der Waals surface area contributed by atoms with Gasteiger partial charge in [-0.3, -0.25) is 4.79 Å². The predicted molar refractivity (Wildman–Crippen MR) is 183 cm³/mol. The Labute approximate surface area is 314 Å². The molecular weight excluding hydrogens is 765 g/mol. The van der Waals surface area contributed by atoms with Gasteiger partial charge in [0.05, 0.1) is 11.5 Å². The van der Waals surface area contributed by atoms with Crippen LogP contribution in [0.15, 0.2) is 53.4 Å². The van der Waals surface area contributed by atoms with Crippen LogP contribution in [-0.4, -0.2) is 123 Å². The number of hydrogen-bond acceptors (Lipinski definition) is 7. The first kappa shape index (κ1) is 42.0. The second-order valence-electron chi connectivity index (χ2n) is 15.0. The lowest BCUT2D eigenvalue weighted by Gasteiger charge is -2.38. The third-order valence-corrected chi connectivity index (χ3v) is 12.7. The van der Waals surface area contributed by atoms with Crippen molar-refractivity contribution in [1.29, 1.82) is 0 Å². The van der Waals surface area contributed by atoms with Crippen LogP contribution in [0.25, 0.3) is 0 Å². The summed E-state index contributed by atoms with van der Waals surface area (Å²) in [5.74, 6) is -1.83. The summed E-state index contributed by atoms with van der Waals surface area (Å²) in [6.07, 6.45) is -13.1. The number of rotatable bonds is 7. The van der Waals surface area contributed by atoms with Crippen LogP contribution in [-0.2, 0) is 34.5 Å². The molecule has 3 aliphatic rings. The Morgan fingerprint density at radius 2 is 1.35 bits per heavy atom. The van der Waals surface area contributed by atoms with E-state index in [0.29, 0.717) is 12.1 Å². The molecule has 4 amide bonds. The van der Waals surface area contributed by atoms with Crippen molar-refractivity contribution in [1.82, 2.24) is 19.6 Å². The number of alkyl halides is 6. The van der Waals surface area contributed by atoms with Crippen LogP contribution >= 0.6 is 0 Å². The second kappa shape index (κ2) is 15.1. The van der Waals surface area contributed by atoms with E-state index in [9.17, 15) is 53.5 Å². The molecule has 2 aromatic rings. The van der Waals surface area contributed by atoms with E-state index < -0.39 is 80.7 Å². The maximum Gasteiger partial charge on any atom is 0.430 e. The van der Waals surface area contributed by atoms with Crippen LogP contribution in [0.5, 0.6) is 0 Å². The first-order chi connectivity index (χ1) is 25.4. The molecule has 19 heteroatoms. The SMILES string of the molecule is CC(=O)N1CCN(C(=O)N2CC[C@](c3ccc(C(OCC4CCN(C(=O)OC(C)(C)C)C4)(C(F)(F)F)C(F)(F)F)cc3)(S(=O)(=O)c3ccc(F)cc3)C2)CC1. The molecule has 3 saturated heterocycles. The maximum atomic E-state index is 14.8. The quantitative estimate of drug-likeness (QED) is 0.246. The van der Waals surface area contributed by atoms with E-state index in [1.165, 1.54) is 26.5 Å². The van der Waals surface area contributed by atoms with Gasteiger partial charge in [0.15, 0.2) is 9.84 Å². The lowest BCUT2D eigenvalue weighted by molar-refractivity contribution is -0.391. The standard InChI is InChI=1S/C36H43F7N4O7S/c1-24(48)44-17-19-45(20-18-44)30(49)47-16-14-33(23-47,55(51,52)29-11-9-28(37)10-12-29)26-5-7-27(8-6-26)34(35(38,39)40,36(41,42)43)53-22-25-13-15-46(21-25)31(50)54-32(2,3)4/h5-12,25H,13-23H2,1-4H3/t25?,33-/m0/s1. The lowest BCUT2D eigenvalue weighted by atomic mass is 9.88. The van der Waals surface area contributed by atoms with Gasteiger partial charge in [0.2, 0.25) is 5.91 Å². The number of amides is 4. The molecule has 2 atom stereocenters. The highest BCUT2D eigenvalue weighted by Crippen LogP contribution is 2.54. The summed E-state index contributed by atoms with van der Waals surface area (Å²) < 4.78 is 140. The molecule has 3 heterocycles. The zero-order valence-electron chi connectivity index (χ0n) is 30.7. The smallest absolute Gasteiger partial charge is 0.430 e. The molecule has 0 saturated carbocycles. The summed E-state index contributed by atoms with van der Waals surface area (Å²) >= 11 is 0. The van der Waals surface area contributed by atoms with E-state index >= 15 is 0 Å². The molecule has 5 rings (SSSR count). The van der Waals surface area contributed by atoms with Gasteiger partial charge in [-0.25, -0.2) is 22.4 Å². The Kier molecular flexibility index (Phi) is 11.5. The minimum absolute atomic E-state index is 0.0292. The van der Waals surface area contributed by atoms with Gasteiger partial charge in [0.25, 0.3) is 5.60 Å². The normalized spacial score (nSPS) is 21.6. The Bertz CT molecular complexity index is 1830. The van der Waals surface area contributed by atoms with Crippen molar-refractivity contribution >= 4 is 27.9 Å². The highest BCUT2D eigenvalue weighted by Gasteiger charge is 2.73. The van der Waals surface area contributed by atoms with E-state index in [0.717, 1.165) is 36.4 Å². The zero-order valence-corrected chi connectivity index (χ0v) is 31.5. The van der Waals surface area contributed by atoms with E-state index in [2.05, 4.69) is 0 Å². The largest absolute Gasteiger partial charge is 0.444 e. The highest BCUT2D eigenvalue weighted by atomic mass is 32.2. The number of carbonyl (C=O) groups excluding carboxylic acids is 3. The number of likely N-dealkylation sites (tertiary alicyclic amines) is 2. The number of nitrogens with zero attached hydrogens (tertiary/aromatic N) is 4. The second-order valence-corrected chi connectivity index (χ2v) is 17.3. The number of piperazine rings is 1. The van der Waals surface area contributed by atoms with Crippen molar-refractivity contribution in [3.05, 3.63) is 65.5 Å². The minimum Gasteiger partial charge on any atom is -0.444 e. The Hall–Kier alpha value is -4.13. The molecule has 0 aromatic heterocycles. The van der Waals surface area contributed by atoms with E-state index in [1.54, 1.807) is 20.8 Å². The highest BCUT2D eigenvalue weighted by molar-refractivity contribution is 7.92. The number of urea groups is 1. The summed E-state index contributed by atoms with van der Waals surface area (Å²) in [7, 11) is -4.59. The van der Waals surface area contributed by atoms with Crippen molar-refractivity contribution in [3.8, 4) is 0 Å². The topological polar surface area (TPSA) is 117 Å². The van der Waals surface area contributed by atoms with Crippen molar-refractivity contribution in [2.24, 2.45) is 5.92 Å². The number of halogens is 7. The van der Waals surface area contributed by atoms with E-state index in [-0.39, 0.29) is 75.0 Å². The molecule has 0 aliphatic carbocycles. The van der Waals surface area contributed by atoms with Gasteiger partial charge in [0, 0.05) is 70.8 Å². The number of carbonyl (C=O) groups is 3. The van der Waals surface area contributed by atoms with Gasteiger partial charge in [-0.15, -0.1) is 0 Å². The Morgan fingerprint density at radius 1 is 0.782 bits per heavy atom. The van der Waals surface area contributed by atoms with Crippen molar-refractivity contribution in [3.63, 3.8) is 0 Å². The average Bonchev–Trinajstić information content (AvgIpc) is 3.76. The molecule has 1 unspecified atom stereocenters. The zero-order chi connectivity index (χ0) is 40.8. The molecule has 11 nitrogen and oxygen atoms in total. The fourth-order valence-corrected chi connectivity index (χ4v) is 9.33. The lowest BCUT2D eigenvalue weighted by Crippen LogP contribution is -2.56.